The average molecular weight is 268 g/mol. The summed E-state index contributed by atoms with van der Waals surface area (Å²) in [5, 5.41) is 3.01. The number of amides is 1. The number of nitrogens with one attached hydrogen (secondary N) is 1. The van der Waals surface area contributed by atoms with Crippen molar-refractivity contribution >= 4 is 11.6 Å². The van der Waals surface area contributed by atoms with Crippen molar-refractivity contribution in [3.05, 3.63) is 64.7 Å². The first-order valence-electron chi connectivity index (χ1n) is 6.71. The Morgan fingerprint density at radius 3 is 2.20 bits per heavy atom. The lowest BCUT2D eigenvalue weighted by Crippen LogP contribution is -2.26. The third-order valence-corrected chi connectivity index (χ3v) is 3.50. The van der Waals surface area contributed by atoms with Crippen molar-refractivity contribution in [3.63, 3.8) is 0 Å². The van der Waals surface area contributed by atoms with Gasteiger partial charge in [-0.3, -0.25) is 4.79 Å². The number of anilines is 1. The van der Waals surface area contributed by atoms with Crippen LogP contribution in [0.3, 0.4) is 0 Å². The lowest BCUT2D eigenvalue weighted by molar-refractivity contribution is 0.0939. The molecule has 3 nitrogen and oxygen atoms in total. The lowest BCUT2D eigenvalue weighted by atomic mass is 10.0. The maximum atomic E-state index is 12.3. The SMILES string of the molecule is Cc1cc(C(=O)NC(C)c2ccccc2)cc(C)c1N. The van der Waals surface area contributed by atoms with Crippen LogP contribution in [-0.2, 0) is 0 Å². The maximum Gasteiger partial charge on any atom is 0.251 e. The molecule has 0 bridgehead atoms. The van der Waals surface area contributed by atoms with Crippen molar-refractivity contribution in [2.24, 2.45) is 0 Å². The third-order valence-electron chi connectivity index (χ3n) is 3.50. The van der Waals surface area contributed by atoms with E-state index >= 15 is 0 Å². The van der Waals surface area contributed by atoms with Crippen LogP contribution in [0.2, 0.25) is 0 Å². The Kier molecular flexibility index (Phi) is 4.08. The first-order chi connectivity index (χ1) is 9.49. The Morgan fingerprint density at radius 2 is 1.65 bits per heavy atom. The zero-order valence-corrected chi connectivity index (χ0v) is 12.1. The summed E-state index contributed by atoms with van der Waals surface area (Å²) in [6.07, 6.45) is 0. The van der Waals surface area contributed by atoms with Crippen LogP contribution in [0.25, 0.3) is 0 Å². The number of hydrogen-bond acceptors (Lipinski definition) is 2. The Morgan fingerprint density at radius 1 is 1.10 bits per heavy atom. The summed E-state index contributed by atoms with van der Waals surface area (Å²) >= 11 is 0. The van der Waals surface area contributed by atoms with E-state index in [0.717, 1.165) is 22.4 Å². The normalized spacial score (nSPS) is 11.9. The van der Waals surface area contributed by atoms with Gasteiger partial charge in [0.2, 0.25) is 0 Å². The predicted molar refractivity (Wildman–Crippen MR) is 82.7 cm³/mol. The molecule has 0 aliphatic rings. The highest BCUT2D eigenvalue weighted by molar-refractivity contribution is 5.95. The number of benzene rings is 2. The van der Waals surface area contributed by atoms with E-state index in [2.05, 4.69) is 5.32 Å². The maximum absolute atomic E-state index is 12.3. The van der Waals surface area contributed by atoms with E-state index in [9.17, 15) is 4.79 Å². The van der Waals surface area contributed by atoms with Gasteiger partial charge in [0, 0.05) is 11.3 Å². The standard InChI is InChI=1S/C17H20N2O/c1-11-9-15(10-12(2)16(11)18)17(20)19-13(3)14-7-5-4-6-8-14/h4-10,13H,18H2,1-3H3,(H,19,20). The first-order valence-corrected chi connectivity index (χ1v) is 6.71. The Bertz CT molecular complexity index is 597. The number of hydrogen-bond donors (Lipinski definition) is 2. The molecule has 0 fully saturated rings. The molecule has 0 saturated carbocycles. The first kappa shape index (κ1) is 14.1. The van der Waals surface area contributed by atoms with Crippen molar-refractivity contribution in [1.29, 1.82) is 0 Å². The van der Waals surface area contributed by atoms with E-state index < -0.39 is 0 Å². The van der Waals surface area contributed by atoms with Gasteiger partial charge in [0.1, 0.15) is 0 Å². The highest BCUT2D eigenvalue weighted by atomic mass is 16.1. The molecule has 1 atom stereocenters. The van der Waals surface area contributed by atoms with Gasteiger partial charge in [0.05, 0.1) is 6.04 Å². The second kappa shape index (κ2) is 5.78. The number of carbonyl (C=O) groups excluding carboxylic acids is 1. The number of rotatable bonds is 3. The summed E-state index contributed by atoms with van der Waals surface area (Å²) in [6.45, 7) is 5.81. The third kappa shape index (κ3) is 2.99. The lowest BCUT2D eigenvalue weighted by Gasteiger charge is -2.15. The molecule has 3 heteroatoms. The number of nitrogen functional groups attached to an aromatic ring is 1. The van der Waals surface area contributed by atoms with Crippen molar-refractivity contribution in [3.8, 4) is 0 Å². The second-order valence-electron chi connectivity index (χ2n) is 5.13. The van der Waals surface area contributed by atoms with Crippen LogP contribution in [0.1, 0.15) is 40.0 Å². The molecule has 0 radical (unpaired) electrons. The molecule has 0 aliphatic carbocycles. The molecule has 0 aliphatic heterocycles. The smallest absolute Gasteiger partial charge is 0.251 e. The summed E-state index contributed by atoms with van der Waals surface area (Å²) in [7, 11) is 0. The summed E-state index contributed by atoms with van der Waals surface area (Å²) in [4.78, 5) is 12.3. The van der Waals surface area contributed by atoms with Gasteiger partial charge in [-0.1, -0.05) is 30.3 Å². The number of aryl methyl sites for hydroxylation is 2. The van der Waals surface area contributed by atoms with E-state index in [0.29, 0.717) is 5.56 Å². The molecule has 2 rings (SSSR count). The number of nitrogens with two attached hydrogens (primary N) is 1. The molecule has 2 aromatic carbocycles. The summed E-state index contributed by atoms with van der Waals surface area (Å²) in [5.74, 6) is -0.0763. The van der Waals surface area contributed by atoms with Gasteiger partial charge >= 0.3 is 0 Å². The van der Waals surface area contributed by atoms with Crippen LogP contribution in [0.4, 0.5) is 5.69 Å². The van der Waals surface area contributed by atoms with Crippen molar-refractivity contribution in [1.82, 2.24) is 5.32 Å². The van der Waals surface area contributed by atoms with Gasteiger partial charge in [0.15, 0.2) is 0 Å². The van der Waals surface area contributed by atoms with Crippen molar-refractivity contribution in [2.75, 3.05) is 5.73 Å². The van der Waals surface area contributed by atoms with Crippen LogP contribution >= 0.6 is 0 Å². The fraction of sp³-hybridized carbons (Fsp3) is 0.235. The molecule has 0 spiro atoms. The van der Waals surface area contributed by atoms with Crippen LogP contribution in [0, 0.1) is 13.8 Å². The summed E-state index contributed by atoms with van der Waals surface area (Å²) in [6, 6.07) is 13.5. The van der Waals surface area contributed by atoms with Gasteiger partial charge in [-0.2, -0.15) is 0 Å². The molecule has 104 valence electrons. The van der Waals surface area contributed by atoms with E-state index in [1.165, 1.54) is 0 Å². The van der Waals surface area contributed by atoms with Gasteiger partial charge < -0.3 is 11.1 Å². The van der Waals surface area contributed by atoms with E-state index in [1.54, 1.807) is 0 Å². The molecular formula is C17H20N2O. The monoisotopic (exact) mass is 268 g/mol. The molecule has 0 saturated heterocycles. The minimum absolute atomic E-state index is 0.0261. The minimum Gasteiger partial charge on any atom is -0.398 e. The minimum atomic E-state index is -0.0763. The van der Waals surface area contributed by atoms with Gasteiger partial charge in [-0.15, -0.1) is 0 Å². The fourth-order valence-corrected chi connectivity index (χ4v) is 2.21. The molecule has 2 aromatic rings. The molecule has 0 heterocycles. The number of carbonyl (C=O) groups is 1. The van der Waals surface area contributed by atoms with E-state index in [-0.39, 0.29) is 11.9 Å². The highest BCUT2D eigenvalue weighted by Crippen LogP contribution is 2.19. The Hall–Kier alpha value is -2.29. The average Bonchev–Trinajstić information content (AvgIpc) is 2.45. The quantitative estimate of drug-likeness (QED) is 0.838. The van der Waals surface area contributed by atoms with E-state index in [1.807, 2.05) is 63.2 Å². The molecule has 20 heavy (non-hydrogen) atoms. The summed E-state index contributed by atoms with van der Waals surface area (Å²) < 4.78 is 0. The largest absolute Gasteiger partial charge is 0.398 e. The van der Waals surface area contributed by atoms with Crippen LogP contribution < -0.4 is 11.1 Å². The predicted octanol–water partition coefficient (Wildman–Crippen LogP) is 3.38. The van der Waals surface area contributed by atoms with Gasteiger partial charge in [-0.05, 0) is 49.6 Å². The van der Waals surface area contributed by atoms with Crippen molar-refractivity contribution in [2.45, 2.75) is 26.8 Å². The zero-order valence-electron chi connectivity index (χ0n) is 12.1. The fourth-order valence-electron chi connectivity index (χ4n) is 2.21. The van der Waals surface area contributed by atoms with Gasteiger partial charge in [-0.25, -0.2) is 0 Å². The topological polar surface area (TPSA) is 55.1 Å². The van der Waals surface area contributed by atoms with Gasteiger partial charge in [0.25, 0.3) is 5.91 Å². The zero-order chi connectivity index (χ0) is 14.7. The Labute approximate surface area is 119 Å². The molecule has 3 N–H and O–H groups in total. The molecule has 1 unspecified atom stereocenters. The second-order valence-corrected chi connectivity index (χ2v) is 5.13. The van der Waals surface area contributed by atoms with Crippen LogP contribution in [-0.4, -0.2) is 5.91 Å². The molecule has 0 aromatic heterocycles. The van der Waals surface area contributed by atoms with Crippen molar-refractivity contribution < 1.29 is 4.79 Å². The van der Waals surface area contributed by atoms with Crippen LogP contribution in [0.15, 0.2) is 42.5 Å². The highest BCUT2D eigenvalue weighted by Gasteiger charge is 2.13. The molecular weight excluding hydrogens is 248 g/mol. The van der Waals surface area contributed by atoms with E-state index in [4.69, 9.17) is 5.73 Å². The molecule has 1 amide bonds. The Balaban J connectivity index is 2.17. The summed E-state index contributed by atoms with van der Waals surface area (Å²) in [5.41, 5.74) is 10.3. The van der Waals surface area contributed by atoms with Crippen LogP contribution in [0.5, 0.6) is 0 Å².